The summed E-state index contributed by atoms with van der Waals surface area (Å²) in [6, 6.07) is 1.04. The number of carbonyl (C=O) groups is 1. The maximum absolute atomic E-state index is 12.9. The van der Waals surface area contributed by atoms with Gasteiger partial charge in [-0.3, -0.25) is 4.79 Å². The Kier molecular flexibility index (Phi) is 4.76. The molecule has 140 valence electrons. The molecule has 1 aromatic heterocycles. The van der Waals surface area contributed by atoms with Crippen LogP contribution >= 0.6 is 11.3 Å². The van der Waals surface area contributed by atoms with Crippen LogP contribution < -0.4 is 5.32 Å². The number of hydrogen-bond acceptors (Lipinski definition) is 2. The normalized spacial score (nSPS) is 14.8. The van der Waals surface area contributed by atoms with Crippen molar-refractivity contribution >= 4 is 22.9 Å². The molecule has 3 rings (SSSR count). The number of rotatable bonds is 2. The summed E-state index contributed by atoms with van der Waals surface area (Å²) in [5, 5.41) is 3.79. The smallest absolute Gasteiger partial charge is 0.322 e. The Bertz CT molecular complexity index is 805. The number of amides is 1. The Labute approximate surface area is 148 Å². The predicted molar refractivity (Wildman–Crippen MR) is 85.4 cm³/mol. The van der Waals surface area contributed by atoms with Gasteiger partial charge in [-0.1, -0.05) is 0 Å². The van der Waals surface area contributed by atoms with Crippen LogP contribution in [0.1, 0.15) is 44.8 Å². The number of fused-ring (bicyclic) bond motifs is 1. The van der Waals surface area contributed by atoms with E-state index in [9.17, 15) is 31.1 Å². The molecule has 0 atom stereocenters. The molecule has 0 unspecified atom stereocenters. The molecule has 9 heteroatoms. The lowest BCUT2D eigenvalue weighted by atomic mass is 9.95. The lowest BCUT2D eigenvalue weighted by molar-refractivity contribution is -0.143. The van der Waals surface area contributed by atoms with Crippen molar-refractivity contribution in [2.24, 2.45) is 0 Å². The van der Waals surface area contributed by atoms with Crippen LogP contribution in [-0.2, 0) is 25.2 Å². The summed E-state index contributed by atoms with van der Waals surface area (Å²) in [7, 11) is 0. The molecule has 0 aliphatic heterocycles. The highest BCUT2D eigenvalue weighted by molar-refractivity contribution is 7.10. The molecule has 0 radical (unpaired) electrons. The van der Waals surface area contributed by atoms with Crippen molar-refractivity contribution in [3.05, 3.63) is 50.7 Å². The highest BCUT2D eigenvalue weighted by Crippen LogP contribution is 2.38. The molecule has 2 nitrogen and oxygen atoms in total. The van der Waals surface area contributed by atoms with Gasteiger partial charge in [-0.25, -0.2) is 0 Å². The number of carbonyl (C=O) groups excluding carboxylic acids is 1. The molecule has 1 heterocycles. The Balaban J connectivity index is 1.94. The van der Waals surface area contributed by atoms with E-state index in [4.69, 9.17) is 0 Å². The lowest BCUT2D eigenvalue weighted by Gasteiger charge is -2.16. The predicted octanol–water partition coefficient (Wildman–Crippen LogP) is 5.92. The van der Waals surface area contributed by atoms with E-state index in [0.717, 1.165) is 29.7 Å². The van der Waals surface area contributed by atoms with Crippen molar-refractivity contribution in [2.45, 2.75) is 38.0 Å². The van der Waals surface area contributed by atoms with E-state index in [1.54, 1.807) is 5.38 Å². The van der Waals surface area contributed by atoms with Crippen LogP contribution in [0.4, 0.5) is 32.0 Å². The molecule has 0 fully saturated rings. The fraction of sp³-hybridized carbons (Fsp3) is 0.353. The number of aryl methyl sites for hydroxylation is 1. The maximum atomic E-state index is 12.9. The molecule has 1 amide bonds. The van der Waals surface area contributed by atoms with Crippen LogP contribution in [-0.4, -0.2) is 5.91 Å². The second-order valence-electron chi connectivity index (χ2n) is 6.01. The van der Waals surface area contributed by atoms with Gasteiger partial charge in [-0.05, 0) is 49.4 Å². The van der Waals surface area contributed by atoms with E-state index in [1.165, 1.54) is 11.3 Å². The summed E-state index contributed by atoms with van der Waals surface area (Å²) < 4.78 is 77.4. The third-order valence-electron chi connectivity index (χ3n) is 4.15. The summed E-state index contributed by atoms with van der Waals surface area (Å²) in [4.78, 5) is 13.4. The second-order valence-corrected chi connectivity index (χ2v) is 6.97. The van der Waals surface area contributed by atoms with Gasteiger partial charge in [0.1, 0.15) is 0 Å². The first-order valence-electron chi connectivity index (χ1n) is 7.76. The number of nitrogens with one attached hydrogen (secondary N) is 1. The van der Waals surface area contributed by atoms with Crippen molar-refractivity contribution in [2.75, 3.05) is 5.32 Å². The molecule has 0 saturated carbocycles. The molecule has 0 spiro atoms. The number of halogens is 6. The van der Waals surface area contributed by atoms with Gasteiger partial charge in [-0.15, -0.1) is 11.3 Å². The Morgan fingerprint density at radius 3 is 2.08 bits per heavy atom. The quantitative estimate of drug-likeness (QED) is 0.631. The topological polar surface area (TPSA) is 29.1 Å². The van der Waals surface area contributed by atoms with E-state index < -0.39 is 35.1 Å². The molecule has 0 bridgehead atoms. The first kappa shape index (κ1) is 18.8. The first-order valence-corrected chi connectivity index (χ1v) is 8.64. The minimum Gasteiger partial charge on any atom is -0.322 e. The summed E-state index contributed by atoms with van der Waals surface area (Å²) in [5.74, 6) is -0.697. The van der Waals surface area contributed by atoms with Crippen molar-refractivity contribution in [1.29, 1.82) is 0 Å². The average molecular weight is 393 g/mol. The highest BCUT2D eigenvalue weighted by Gasteiger charge is 2.37. The van der Waals surface area contributed by atoms with Gasteiger partial charge in [0.25, 0.3) is 5.91 Å². The summed E-state index contributed by atoms with van der Waals surface area (Å²) >= 11 is 1.38. The first-order chi connectivity index (χ1) is 12.1. The van der Waals surface area contributed by atoms with Crippen molar-refractivity contribution in [3.8, 4) is 0 Å². The largest absolute Gasteiger partial charge is 0.416 e. The molecular formula is C17H13F6NOS. The molecule has 1 N–H and O–H groups in total. The lowest BCUT2D eigenvalue weighted by Crippen LogP contribution is -2.17. The number of benzene rings is 1. The van der Waals surface area contributed by atoms with Crippen molar-refractivity contribution in [3.63, 3.8) is 0 Å². The van der Waals surface area contributed by atoms with Gasteiger partial charge in [0.05, 0.1) is 16.7 Å². The molecule has 1 aliphatic rings. The Hall–Kier alpha value is -2.03. The van der Waals surface area contributed by atoms with Gasteiger partial charge in [-0.2, -0.15) is 26.3 Å². The van der Waals surface area contributed by atoms with Crippen LogP contribution in [0.15, 0.2) is 23.6 Å². The van der Waals surface area contributed by atoms with E-state index >= 15 is 0 Å². The molecule has 26 heavy (non-hydrogen) atoms. The monoisotopic (exact) mass is 393 g/mol. The number of anilines is 1. The molecule has 1 aliphatic carbocycles. The van der Waals surface area contributed by atoms with Crippen LogP contribution in [0.5, 0.6) is 0 Å². The third kappa shape index (κ3) is 3.87. The van der Waals surface area contributed by atoms with Crippen molar-refractivity contribution < 1.29 is 31.1 Å². The number of hydrogen-bond donors (Lipinski definition) is 1. The van der Waals surface area contributed by atoms with Gasteiger partial charge in [0.2, 0.25) is 0 Å². The molecule has 2 aromatic rings. The van der Waals surface area contributed by atoms with Gasteiger partial charge in [0, 0.05) is 15.9 Å². The third-order valence-corrected chi connectivity index (χ3v) is 5.24. The zero-order valence-electron chi connectivity index (χ0n) is 13.2. The summed E-state index contributed by atoms with van der Waals surface area (Å²) in [5.41, 5.74) is -2.31. The molecule has 1 aromatic carbocycles. The fourth-order valence-electron chi connectivity index (χ4n) is 2.91. The average Bonchev–Trinajstić information content (AvgIpc) is 2.97. The van der Waals surface area contributed by atoms with E-state index in [0.29, 0.717) is 24.1 Å². The number of alkyl halides is 6. The van der Waals surface area contributed by atoms with Crippen LogP contribution in [0.25, 0.3) is 0 Å². The van der Waals surface area contributed by atoms with Crippen LogP contribution in [0, 0.1) is 0 Å². The summed E-state index contributed by atoms with van der Waals surface area (Å²) in [6.45, 7) is 0. The zero-order valence-corrected chi connectivity index (χ0v) is 14.0. The van der Waals surface area contributed by atoms with E-state index in [1.807, 2.05) is 0 Å². The maximum Gasteiger partial charge on any atom is 0.416 e. The van der Waals surface area contributed by atoms with Gasteiger partial charge >= 0.3 is 12.4 Å². The van der Waals surface area contributed by atoms with E-state index in [-0.39, 0.29) is 6.07 Å². The van der Waals surface area contributed by atoms with Crippen molar-refractivity contribution in [1.82, 2.24) is 0 Å². The standard InChI is InChI=1S/C17H13F6NOS/c18-16(19,20)9-5-10(17(21,22)23)7-11(6-9)24-15(25)13-8-26-14-4-2-1-3-12(13)14/h5-8H,1-4H2,(H,24,25). The number of thiophene rings is 1. The van der Waals surface area contributed by atoms with Crippen LogP contribution in [0.2, 0.25) is 0 Å². The fourth-order valence-corrected chi connectivity index (χ4v) is 4.04. The minimum absolute atomic E-state index is 0.0299. The molecular weight excluding hydrogens is 380 g/mol. The summed E-state index contributed by atoms with van der Waals surface area (Å²) in [6.07, 6.45) is -6.51. The van der Waals surface area contributed by atoms with E-state index in [2.05, 4.69) is 5.32 Å². The van der Waals surface area contributed by atoms with Gasteiger partial charge in [0.15, 0.2) is 0 Å². The Morgan fingerprint density at radius 1 is 0.923 bits per heavy atom. The zero-order chi connectivity index (χ0) is 19.1. The minimum atomic E-state index is -4.96. The SMILES string of the molecule is O=C(Nc1cc(C(F)(F)F)cc(C(F)(F)F)c1)c1csc2c1CCCC2. The second kappa shape index (κ2) is 6.61. The van der Waals surface area contributed by atoms with Crippen LogP contribution in [0.3, 0.4) is 0 Å². The molecule has 0 saturated heterocycles. The Morgan fingerprint density at radius 2 is 1.50 bits per heavy atom. The van der Waals surface area contributed by atoms with Gasteiger partial charge < -0.3 is 5.32 Å². The highest BCUT2D eigenvalue weighted by atomic mass is 32.1.